The second kappa shape index (κ2) is 5.66. The number of hydrogen-bond donors (Lipinski definition) is 2. The number of fused-ring (bicyclic) bond motifs is 1. The van der Waals surface area contributed by atoms with Crippen molar-refractivity contribution in [1.29, 1.82) is 0 Å². The number of hydrogen-bond acceptors (Lipinski definition) is 3. The number of halogens is 1. The lowest BCUT2D eigenvalue weighted by molar-refractivity contribution is 0.00277. The average Bonchev–Trinajstić information content (AvgIpc) is 2.57. The fraction of sp³-hybridized carbons (Fsp3) is 0.684. The highest BCUT2D eigenvalue weighted by molar-refractivity contribution is 5.62. The van der Waals surface area contributed by atoms with Gasteiger partial charge in [-0.2, -0.15) is 0 Å². The van der Waals surface area contributed by atoms with Crippen LogP contribution in [0.5, 0.6) is 5.75 Å². The number of rotatable bonds is 3. The van der Waals surface area contributed by atoms with Crippen molar-refractivity contribution < 1.29 is 9.50 Å². The molecule has 2 bridgehead atoms. The van der Waals surface area contributed by atoms with Crippen molar-refractivity contribution in [3.63, 3.8) is 0 Å². The molecule has 2 fully saturated rings. The van der Waals surface area contributed by atoms with Crippen molar-refractivity contribution >= 4 is 5.69 Å². The molecule has 3 nitrogen and oxygen atoms in total. The highest BCUT2D eigenvalue weighted by Crippen LogP contribution is 2.56. The van der Waals surface area contributed by atoms with Gasteiger partial charge in [0.05, 0.1) is 5.69 Å². The molecule has 3 aliphatic rings. The number of benzene rings is 1. The summed E-state index contributed by atoms with van der Waals surface area (Å²) in [5.74, 6) is 1.01. The second-order valence-electron chi connectivity index (χ2n) is 7.65. The third-order valence-corrected chi connectivity index (χ3v) is 6.64. The van der Waals surface area contributed by atoms with Gasteiger partial charge in [0.15, 0.2) is 0 Å². The van der Waals surface area contributed by atoms with Crippen LogP contribution in [-0.4, -0.2) is 42.9 Å². The molecule has 23 heavy (non-hydrogen) atoms. The van der Waals surface area contributed by atoms with Crippen molar-refractivity contribution in [2.24, 2.45) is 5.92 Å². The van der Waals surface area contributed by atoms with Gasteiger partial charge in [-0.1, -0.05) is 12.8 Å². The van der Waals surface area contributed by atoms with Crippen molar-refractivity contribution in [1.82, 2.24) is 4.90 Å². The van der Waals surface area contributed by atoms with Crippen LogP contribution in [0.25, 0.3) is 0 Å². The molecule has 0 spiro atoms. The van der Waals surface area contributed by atoms with E-state index in [1.54, 1.807) is 0 Å². The summed E-state index contributed by atoms with van der Waals surface area (Å²) in [5, 5.41) is 13.5. The molecule has 1 aliphatic heterocycles. The fourth-order valence-electron chi connectivity index (χ4n) is 5.57. The van der Waals surface area contributed by atoms with Crippen molar-refractivity contribution in [3.05, 3.63) is 23.3 Å². The summed E-state index contributed by atoms with van der Waals surface area (Å²) >= 11 is 0. The predicted octanol–water partition coefficient (Wildman–Crippen LogP) is 3.46. The maximum atomic E-state index is 12.5. The third-order valence-electron chi connectivity index (χ3n) is 6.64. The summed E-state index contributed by atoms with van der Waals surface area (Å²) in [6.45, 7) is 0.987. The Morgan fingerprint density at radius 3 is 3.04 bits per heavy atom. The maximum Gasteiger partial charge on any atom is 0.138 e. The largest absolute Gasteiger partial charge is 0.506 e. The van der Waals surface area contributed by atoms with E-state index in [1.165, 1.54) is 43.2 Å². The molecule has 4 rings (SSSR count). The molecular weight excluding hydrogens is 291 g/mol. The van der Waals surface area contributed by atoms with Crippen LogP contribution in [0, 0.1) is 5.92 Å². The molecule has 3 atom stereocenters. The van der Waals surface area contributed by atoms with Crippen LogP contribution >= 0.6 is 0 Å². The van der Waals surface area contributed by atoms with Crippen molar-refractivity contribution in [2.45, 2.75) is 50.0 Å². The Labute approximate surface area is 137 Å². The predicted molar refractivity (Wildman–Crippen MR) is 90.9 cm³/mol. The van der Waals surface area contributed by atoms with Crippen LogP contribution in [0.4, 0.5) is 10.1 Å². The van der Waals surface area contributed by atoms with E-state index in [4.69, 9.17) is 0 Å². The van der Waals surface area contributed by atoms with Crippen LogP contribution in [0.3, 0.4) is 0 Å². The minimum atomic E-state index is -0.423. The van der Waals surface area contributed by atoms with Crippen LogP contribution in [0.1, 0.15) is 43.2 Å². The minimum Gasteiger partial charge on any atom is -0.506 e. The number of aromatic hydroxyl groups is 1. The van der Waals surface area contributed by atoms with Gasteiger partial charge in [0.25, 0.3) is 0 Å². The summed E-state index contributed by atoms with van der Waals surface area (Å²) in [6.07, 6.45) is 7.48. The quantitative estimate of drug-likeness (QED) is 0.838. The Bertz CT molecular complexity index is 605. The van der Waals surface area contributed by atoms with E-state index in [0.29, 0.717) is 11.7 Å². The van der Waals surface area contributed by atoms with Gasteiger partial charge in [-0.3, -0.25) is 0 Å². The first-order valence-corrected chi connectivity index (χ1v) is 9.02. The fourth-order valence-corrected chi connectivity index (χ4v) is 5.57. The molecule has 0 aromatic heterocycles. The maximum absolute atomic E-state index is 12.5. The molecule has 0 unspecified atom stereocenters. The lowest BCUT2D eigenvalue weighted by Crippen LogP contribution is -2.59. The Morgan fingerprint density at radius 2 is 2.22 bits per heavy atom. The first-order valence-electron chi connectivity index (χ1n) is 9.02. The molecule has 1 saturated carbocycles. The molecular formula is C19H27FN2O. The Kier molecular flexibility index (Phi) is 3.75. The van der Waals surface area contributed by atoms with Crippen molar-refractivity contribution in [3.8, 4) is 5.75 Å². The Morgan fingerprint density at radius 1 is 1.35 bits per heavy atom. The molecule has 0 amide bonds. The summed E-state index contributed by atoms with van der Waals surface area (Å²) in [4.78, 5) is 2.54. The van der Waals surface area contributed by atoms with Crippen LogP contribution < -0.4 is 5.32 Å². The summed E-state index contributed by atoms with van der Waals surface area (Å²) in [7, 11) is 2.26. The van der Waals surface area contributed by atoms with E-state index in [2.05, 4.69) is 23.3 Å². The molecule has 1 heterocycles. The molecule has 2 aliphatic carbocycles. The molecule has 1 saturated heterocycles. The van der Waals surface area contributed by atoms with Gasteiger partial charge < -0.3 is 15.3 Å². The zero-order chi connectivity index (χ0) is 16.0. The molecule has 126 valence electrons. The molecule has 0 radical (unpaired) electrons. The first kappa shape index (κ1) is 15.3. The first-order chi connectivity index (χ1) is 11.2. The third kappa shape index (κ3) is 2.25. The number of phenolic OH excluding ortho intramolecular Hbond substituents is 1. The van der Waals surface area contributed by atoms with Gasteiger partial charge in [0.1, 0.15) is 12.4 Å². The van der Waals surface area contributed by atoms with E-state index in [9.17, 15) is 9.50 Å². The van der Waals surface area contributed by atoms with Gasteiger partial charge in [-0.25, -0.2) is 4.39 Å². The van der Waals surface area contributed by atoms with E-state index < -0.39 is 6.67 Å². The number of alkyl halides is 1. The van der Waals surface area contributed by atoms with Gasteiger partial charge in [-0.15, -0.1) is 0 Å². The van der Waals surface area contributed by atoms with E-state index in [0.717, 1.165) is 18.9 Å². The summed E-state index contributed by atoms with van der Waals surface area (Å²) in [5.41, 5.74) is 3.69. The van der Waals surface area contributed by atoms with E-state index in [-0.39, 0.29) is 17.7 Å². The van der Waals surface area contributed by atoms with Gasteiger partial charge in [-0.05, 0) is 68.5 Å². The van der Waals surface area contributed by atoms with Gasteiger partial charge >= 0.3 is 0 Å². The molecule has 4 heteroatoms. The number of nitrogens with one attached hydrogen (secondary N) is 1. The Hall–Kier alpha value is -1.29. The number of anilines is 1. The standard InChI is InChI=1S/C19H27FN2O/c1-22-9-6-19-5-3-2-4-14(19)17(22)11-13-10-16(21-8-7-20)18(23)12-15(13)19/h10,12,14,17,21,23H,2-9,11H2,1H3/t14-,17-,19-/m1/s1. The smallest absolute Gasteiger partial charge is 0.138 e. The van der Waals surface area contributed by atoms with Crippen LogP contribution in [0.15, 0.2) is 12.1 Å². The zero-order valence-corrected chi connectivity index (χ0v) is 13.9. The second-order valence-corrected chi connectivity index (χ2v) is 7.65. The van der Waals surface area contributed by atoms with Gasteiger partial charge in [0, 0.05) is 18.0 Å². The normalized spacial score (nSPS) is 33.0. The molecule has 1 aromatic carbocycles. The molecule has 2 N–H and O–H groups in total. The Balaban J connectivity index is 1.79. The summed E-state index contributed by atoms with van der Waals surface area (Å²) < 4.78 is 12.5. The lowest BCUT2D eigenvalue weighted by Gasteiger charge is -2.58. The SMILES string of the molecule is CN1CC[C@]23CCCC[C@@H]2[C@H]1Cc1cc(NCCF)c(O)cc13. The molecule has 1 aromatic rings. The monoisotopic (exact) mass is 318 g/mol. The number of nitrogens with zero attached hydrogens (tertiary/aromatic N) is 1. The highest BCUT2D eigenvalue weighted by atomic mass is 19.1. The lowest BCUT2D eigenvalue weighted by atomic mass is 9.52. The van der Waals surface area contributed by atoms with E-state index >= 15 is 0 Å². The van der Waals surface area contributed by atoms with Crippen LogP contribution in [-0.2, 0) is 11.8 Å². The van der Waals surface area contributed by atoms with Crippen LogP contribution in [0.2, 0.25) is 0 Å². The minimum absolute atomic E-state index is 0.253. The average molecular weight is 318 g/mol. The number of likely N-dealkylation sites (tertiary alicyclic amines) is 1. The summed E-state index contributed by atoms with van der Waals surface area (Å²) in [6, 6.07) is 4.70. The van der Waals surface area contributed by atoms with Gasteiger partial charge in [0.2, 0.25) is 0 Å². The van der Waals surface area contributed by atoms with Crippen molar-refractivity contribution in [2.75, 3.05) is 32.1 Å². The zero-order valence-electron chi connectivity index (χ0n) is 13.9. The van der Waals surface area contributed by atoms with E-state index in [1.807, 2.05) is 6.07 Å². The number of piperidine rings is 1. The number of phenols is 1. The topological polar surface area (TPSA) is 35.5 Å². The number of likely N-dealkylation sites (N-methyl/N-ethyl adjacent to an activating group) is 1. The highest BCUT2D eigenvalue weighted by Gasteiger charge is 2.53.